The Kier molecular flexibility index (Phi) is 4.72. The number of hydrogen-bond donors (Lipinski definition) is 1. The molecule has 3 aliphatic rings. The first-order chi connectivity index (χ1) is 13.0. The highest BCUT2D eigenvalue weighted by molar-refractivity contribution is 5.87. The van der Waals surface area contributed by atoms with Gasteiger partial charge in [-0.2, -0.15) is 0 Å². The Morgan fingerprint density at radius 3 is 3.04 bits per heavy atom. The van der Waals surface area contributed by atoms with Gasteiger partial charge in [0.25, 0.3) is 0 Å². The van der Waals surface area contributed by atoms with E-state index in [9.17, 15) is 9.59 Å². The third-order valence-corrected chi connectivity index (χ3v) is 5.93. The quantitative estimate of drug-likeness (QED) is 0.798. The summed E-state index contributed by atoms with van der Waals surface area (Å²) in [7, 11) is 0. The topological polar surface area (TPSA) is 84.4 Å². The molecule has 0 radical (unpaired) electrons. The van der Waals surface area contributed by atoms with Crippen LogP contribution >= 0.6 is 0 Å². The number of aryl methyl sites for hydroxylation is 2. The molecule has 2 fully saturated rings. The van der Waals surface area contributed by atoms with Crippen LogP contribution in [0.25, 0.3) is 0 Å². The maximum atomic E-state index is 12.6. The molecule has 2 unspecified atom stereocenters. The molecule has 1 spiro atoms. The van der Waals surface area contributed by atoms with Crippen LogP contribution < -0.4 is 5.32 Å². The van der Waals surface area contributed by atoms with E-state index in [2.05, 4.69) is 21.9 Å². The molecular formula is C20H26N4O3. The number of carbonyl (C=O) groups excluding carboxylic acids is 2. The molecule has 1 aromatic rings. The maximum absolute atomic E-state index is 12.6. The SMILES string of the molecule is C=CC(=O)N1CC2(CCC(CNC(=O)C3CCc4nc(C)ncc4C3)O2)C1. The van der Waals surface area contributed by atoms with Gasteiger partial charge in [-0.1, -0.05) is 6.58 Å². The van der Waals surface area contributed by atoms with Crippen molar-refractivity contribution in [3.63, 3.8) is 0 Å². The van der Waals surface area contributed by atoms with Gasteiger partial charge < -0.3 is 15.0 Å². The second-order valence-electron chi connectivity index (χ2n) is 7.93. The lowest BCUT2D eigenvalue weighted by molar-refractivity contribution is -0.160. The van der Waals surface area contributed by atoms with Crippen LogP contribution in [0, 0.1) is 12.8 Å². The lowest BCUT2D eigenvalue weighted by Gasteiger charge is -2.47. The van der Waals surface area contributed by atoms with E-state index in [-0.39, 0.29) is 29.4 Å². The predicted molar refractivity (Wildman–Crippen MR) is 98.9 cm³/mol. The molecule has 7 heteroatoms. The summed E-state index contributed by atoms with van der Waals surface area (Å²) in [5.41, 5.74) is 1.95. The van der Waals surface area contributed by atoms with Gasteiger partial charge in [0.05, 0.1) is 19.2 Å². The molecule has 0 saturated carbocycles. The first kappa shape index (κ1) is 18.1. The Bertz CT molecular complexity index is 772. The Morgan fingerprint density at radius 2 is 2.26 bits per heavy atom. The van der Waals surface area contributed by atoms with E-state index in [1.807, 2.05) is 13.1 Å². The zero-order valence-electron chi connectivity index (χ0n) is 15.7. The summed E-state index contributed by atoms with van der Waals surface area (Å²) in [4.78, 5) is 34.7. The van der Waals surface area contributed by atoms with E-state index < -0.39 is 0 Å². The molecule has 2 aliphatic heterocycles. The van der Waals surface area contributed by atoms with Crippen LogP contribution in [0.15, 0.2) is 18.9 Å². The fraction of sp³-hybridized carbons (Fsp3) is 0.600. The summed E-state index contributed by atoms with van der Waals surface area (Å²) in [6.45, 7) is 7.19. The van der Waals surface area contributed by atoms with Crippen molar-refractivity contribution in [2.45, 2.75) is 50.7 Å². The van der Waals surface area contributed by atoms with Crippen molar-refractivity contribution in [1.82, 2.24) is 20.2 Å². The Labute approximate surface area is 159 Å². The number of carbonyl (C=O) groups is 2. The van der Waals surface area contributed by atoms with Crippen LogP contribution in [0.1, 0.15) is 36.3 Å². The molecule has 144 valence electrons. The molecule has 2 atom stereocenters. The van der Waals surface area contributed by atoms with Gasteiger partial charge in [-0.25, -0.2) is 9.97 Å². The molecule has 4 rings (SSSR count). The van der Waals surface area contributed by atoms with E-state index >= 15 is 0 Å². The van der Waals surface area contributed by atoms with Crippen molar-refractivity contribution in [1.29, 1.82) is 0 Å². The third kappa shape index (κ3) is 3.60. The smallest absolute Gasteiger partial charge is 0.246 e. The van der Waals surface area contributed by atoms with Gasteiger partial charge in [0.15, 0.2) is 0 Å². The molecular weight excluding hydrogens is 344 g/mol. The van der Waals surface area contributed by atoms with Crippen molar-refractivity contribution in [2.75, 3.05) is 19.6 Å². The van der Waals surface area contributed by atoms with Crippen LogP contribution in [0.4, 0.5) is 0 Å². The van der Waals surface area contributed by atoms with Crippen molar-refractivity contribution < 1.29 is 14.3 Å². The van der Waals surface area contributed by atoms with E-state index in [4.69, 9.17) is 4.74 Å². The van der Waals surface area contributed by atoms with Gasteiger partial charge in [0, 0.05) is 24.4 Å². The zero-order chi connectivity index (χ0) is 19.0. The highest BCUT2D eigenvalue weighted by Gasteiger charge is 2.50. The number of nitrogens with one attached hydrogen (secondary N) is 1. The number of likely N-dealkylation sites (tertiary alicyclic amines) is 1. The molecule has 2 saturated heterocycles. The average Bonchev–Trinajstić information content (AvgIpc) is 3.08. The first-order valence-electron chi connectivity index (χ1n) is 9.66. The van der Waals surface area contributed by atoms with E-state index in [0.29, 0.717) is 26.1 Å². The number of rotatable bonds is 4. The summed E-state index contributed by atoms with van der Waals surface area (Å²) in [6.07, 6.45) is 7.42. The molecule has 7 nitrogen and oxygen atoms in total. The zero-order valence-corrected chi connectivity index (χ0v) is 15.7. The minimum absolute atomic E-state index is 0.0245. The van der Waals surface area contributed by atoms with Crippen molar-refractivity contribution in [3.8, 4) is 0 Å². The summed E-state index contributed by atoms with van der Waals surface area (Å²) >= 11 is 0. The fourth-order valence-electron chi connectivity index (χ4n) is 4.40. The molecule has 0 bridgehead atoms. The van der Waals surface area contributed by atoms with Gasteiger partial charge in [0.2, 0.25) is 11.8 Å². The second-order valence-corrected chi connectivity index (χ2v) is 7.93. The summed E-state index contributed by atoms with van der Waals surface area (Å²) < 4.78 is 6.15. The van der Waals surface area contributed by atoms with Gasteiger partial charge >= 0.3 is 0 Å². The third-order valence-electron chi connectivity index (χ3n) is 5.93. The number of nitrogens with zero attached hydrogens (tertiary/aromatic N) is 3. The molecule has 27 heavy (non-hydrogen) atoms. The number of amides is 2. The lowest BCUT2D eigenvalue weighted by Crippen LogP contribution is -2.63. The standard InChI is InChI=1S/C20H26N4O3/c1-3-18(25)24-11-20(12-24)7-6-16(27-20)10-22-19(26)14-4-5-17-15(8-14)9-21-13(2)23-17/h3,9,14,16H,1,4-8,10-12H2,2H3,(H,22,26). The minimum Gasteiger partial charge on any atom is -0.366 e. The van der Waals surface area contributed by atoms with Gasteiger partial charge in [-0.15, -0.1) is 0 Å². The van der Waals surface area contributed by atoms with E-state index in [1.54, 1.807) is 4.90 Å². The van der Waals surface area contributed by atoms with Crippen LogP contribution in [0.3, 0.4) is 0 Å². The van der Waals surface area contributed by atoms with Crippen LogP contribution in [0.5, 0.6) is 0 Å². The molecule has 0 aromatic carbocycles. The fourth-order valence-corrected chi connectivity index (χ4v) is 4.40. The van der Waals surface area contributed by atoms with Crippen LogP contribution in [0.2, 0.25) is 0 Å². The largest absolute Gasteiger partial charge is 0.366 e. The second kappa shape index (κ2) is 7.03. The molecule has 1 aliphatic carbocycles. The Balaban J connectivity index is 1.24. The first-order valence-corrected chi connectivity index (χ1v) is 9.66. The monoisotopic (exact) mass is 370 g/mol. The predicted octanol–water partition coefficient (Wildman–Crippen LogP) is 0.952. The number of hydrogen-bond acceptors (Lipinski definition) is 5. The summed E-state index contributed by atoms with van der Waals surface area (Å²) in [5, 5.41) is 3.07. The molecule has 2 amide bonds. The molecule has 1 aromatic heterocycles. The highest BCUT2D eigenvalue weighted by atomic mass is 16.5. The van der Waals surface area contributed by atoms with Crippen molar-refractivity contribution in [3.05, 3.63) is 35.9 Å². The van der Waals surface area contributed by atoms with Crippen LogP contribution in [-0.2, 0) is 27.2 Å². The van der Waals surface area contributed by atoms with E-state index in [1.165, 1.54) is 6.08 Å². The maximum Gasteiger partial charge on any atom is 0.246 e. The normalized spacial score (nSPS) is 25.6. The van der Waals surface area contributed by atoms with Crippen molar-refractivity contribution >= 4 is 11.8 Å². The molecule has 1 N–H and O–H groups in total. The Hall–Kier alpha value is -2.28. The highest BCUT2D eigenvalue weighted by Crippen LogP contribution is 2.38. The minimum atomic E-state index is -0.215. The van der Waals surface area contributed by atoms with Crippen LogP contribution in [-0.4, -0.2) is 58.0 Å². The van der Waals surface area contributed by atoms with Gasteiger partial charge in [-0.05, 0) is 50.7 Å². The van der Waals surface area contributed by atoms with Gasteiger partial charge in [0.1, 0.15) is 11.4 Å². The molecule has 3 heterocycles. The van der Waals surface area contributed by atoms with E-state index in [0.717, 1.165) is 42.8 Å². The number of fused-ring (bicyclic) bond motifs is 1. The lowest BCUT2D eigenvalue weighted by atomic mass is 9.86. The van der Waals surface area contributed by atoms with Gasteiger partial charge in [-0.3, -0.25) is 9.59 Å². The number of aromatic nitrogens is 2. The Morgan fingerprint density at radius 1 is 1.44 bits per heavy atom. The summed E-state index contributed by atoms with van der Waals surface area (Å²) in [5.74, 6) is 0.803. The average molecular weight is 370 g/mol. The van der Waals surface area contributed by atoms with Crippen molar-refractivity contribution in [2.24, 2.45) is 5.92 Å². The summed E-state index contributed by atoms with van der Waals surface area (Å²) in [6, 6.07) is 0. The number of ether oxygens (including phenoxy) is 1.